The molecule has 1 aliphatic heterocycles. The van der Waals surface area contributed by atoms with Crippen molar-refractivity contribution in [2.45, 2.75) is 6.92 Å². The zero-order valence-electron chi connectivity index (χ0n) is 17.1. The molecule has 0 saturated carbocycles. The topological polar surface area (TPSA) is 95.1 Å². The summed E-state index contributed by atoms with van der Waals surface area (Å²) < 4.78 is 5.37. The molecule has 1 aliphatic rings. The second kappa shape index (κ2) is 11.1. The standard InChI is InChI=1S/C22H27N5O3/c1-17(28)24-20-9-5-6-18(16-20)21(29)26-22(25-19-7-3-2-4-8-19)23-10-11-27-12-14-30-15-13-27/h2-9,16H,10-15H2,1H3,(H,24,28)(H2,23,25,26,29). The first-order chi connectivity index (χ1) is 14.6. The van der Waals surface area contributed by atoms with Crippen molar-refractivity contribution in [2.24, 2.45) is 4.99 Å². The van der Waals surface area contributed by atoms with Crippen LogP contribution in [-0.2, 0) is 9.53 Å². The lowest BCUT2D eigenvalue weighted by molar-refractivity contribution is -0.114. The van der Waals surface area contributed by atoms with Crippen LogP contribution >= 0.6 is 0 Å². The highest BCUT2D eigenvalue weighted by molar-refractivity contribution is 6.10. The van der Waals surface area contributed by atoms with E-state index >= 15 is 0 Å². The number of anilines is 2. The van der Waals surface area contributed by atoms with Crippen LogP contribution in [0.5, 0.6) is 0 Å². The summed E-state index contributed by atoms with van der Waals surface area (Å²) in [6.45, 7) is 6.01. The average Bonchev–Trinajstić information content (AvgIpc) is 2.75. The number of carbonyl (C=O) groups excluding carboxylic acids is 2. The Labute approximate surface area is 176 Å². The lowest BCUT2D eigenvalue weighted by Gasteiger charge is -2.25. The molecule has 2 amide bonds. The monoisotopic (exact) mass is 409 g/mol. The molecule has 158 valence electrons. The van der Waals surface area contributed by atoms with Gasteiger partial charge >= 0.3 is 0 Å². The Hall–Kier alpha value is -3.23. The van der Waals surface area contributed by atoms with Gasteiger partial charge in [-0.05, 0) is 30.3 Å². The third-order valence-electron chi connectivity index (χ3n) is 4.50. The fourth-order valence-corrected chi connectivity index (χ4v) is 3.02. The van der Waals surface area contributed by atoms with Gasteiger partial charge in [-0.3, -0.25) is 24.8 Å². The maximum absolute atomic E-state index is 12.8. The van der Waals surface area contributed by atoms with E-state index in [4.69, 9.17) is 4.74 Å². The molecular weight excluding hydrogens is 382 g/mol. The van der Waals surface area contributed by atoms with Crippen molar-refractivity contribution in [3.8, 4) is 0 Å². The van der Waals surface area contributed by atoms with Crippen molar-refractivity contribution in [2.75, 3.05) is 50.0 Å². The minimum absolute atomic E-state index is 0.191. The van der Waals surface area contributed by atoms with Gasteiger partial charge in [0.1, 0.15) is 0 Å². The van der Waals surface area contributed by atoms with E-state index < -0.39 is 0 Å². The highest BCUT2D eigenvalue weighted by Crippen LogP contribution is 2.11. The maximum atomic E-state index is 12.8. The molecule has 0 aliphatic carbocycles. The summed E-state index contributed by atoms with van der Waals surface area (Å²) in [5.74, 6) is -0.121. The predicted octanol–water partition coefficient (Wildman–Crippen LogP) is 2.18. The Morgan fingerprint density at radius 1 is 1.00 bits per heavy atom. The van der Waals surface area contributed by atoms with Crippen LogP contribution in [0, 0.1) is 0 Å². The van der Waals surface area contributed by atoms with Crippen LogP contribution in [0.4, 0.5) is 11.4 Å². The summed E-state index contributed by atoms with van der Waals surface area (Å²) in [5, 5.41) is 8.70. The van der Waals surface area contributed by atoms with Crippen LogP contribution in [0.25, 0.3) is 0 Å². The molecule has 0 spiro atoms. The van der Waals surface area contributed by atoms with E-state index in [1.54, 1.807) is 24.3 Å². The smallest absolute Gasteiger partial charge is 0.258 e. The van der Waals surface area contributed by atoms with Crippen molar-refractivity contribution in [1.82, 2.24) is 10.2 Å². The lowest BCUT2D eigenvalue weighted by Crippen LogP contribution is -2.39. The number of para-hydroxylation sites is 1. The van der Waals surface area contributed by atoms with Crippen molar-refractivity contribution in [3.63, 3.8) is 0 Å². The number of hydrogen-bond acceptors (Lipinski definition) is 5. The molecular formula is C22H27N5O3. The van der Waals surface area contributed by atoms with Crippen LogP contribution in [-0.4, -0.2) is 62.1 Å². The number of amides is 2. The van der Waals surface area contributed by atoms with Gasteiger partial charge in [0.2, 0.25) is 11.9 Å². The van der Waals surface area contributed by atoms with E-state index in [1.165, 1.54) is 6.92 Å². The van der Waals surface area contributed by atoms with E-state index in [0.717, 1.165) is 38.5 Å². The molecule has 3 rings (SSSR count). The van der Waals surface area contributed by atoms with Gasteiger partial charge in [-0.2, -0.15) is 0 Å². The number of rotatable bonds is 6. The zero-order chi connectivity index (χ0) is 21.2. The first-order valence-corrected chi connectivity index (χ1v) is 9.96. The maximum Gasteiger partial charge on any atom is 0.258 e. The number of aliphatic imine (C=N–C) groups is 1. The number of carbonyl (C=O) groups is 2. The Balaban J connectivity index is 1.68. The Morgan fingerprint density at radius 2 is 1.73 bits per heavy atom. The molecule has 1 fully saturated rings. The van der Waals surface area contributed by atoms with Crippen LogP contribution < -0.4 is 16.0 Å². The van der Waals surface area contributed by atoms with Gasteiger partial charge in [-0.1, -0.05) is 24.3 Å². The number of morpholine rings is 1. The summed E-state index contributed by atoms with van der Waals surface area (Å²) in [4.78, 5) is 30.9. The molecule has 30 heavy (non-hydrogen) atoms. The molecule has 2 aromatic carbocycles. The SMILES string of the molecule is CC(=O)Nc1cccc(C(=O)NC(=NCCN2CCOCC2)Nc2ccccc2)c1. The minimum Gasteiger partial charge on any atom is -0.379 e. The fourth-order valence-electron chi connectivity index (χ4n) is 3.02. The van der Waals surface area contributed by atoms with Crippen LogP contribution in [0.2, 0.25) is 0 Å². The molecule has 0 aromatic heterocycles. The second-order valence-electron chi connectivity index (χ2n) is 6.89. The molecule has 0 unspecified atom stereocenters. The number of hydrogen-bond donors (Lipinski definition) is 3. The first kappa shape index (κ1) is 21.5. The minimum atomic E-state index is -0.309. The lowest BCUT2D eigenvalue weighted by atomic mass is 10.2. The van der Waals surface area contributed by atoms with Gasteiger partial charge < -0.3 is 15.4 Å². The van der Waals surface area contributed by atoms with Gasteiger partial charge in [0.25, 0.3) is 5.91 Å². The highest BCUT2D eigenvalue weighted by Gasteiger charge is 2.12. The summed E-state index contributed by atoms with van der Waals surface area (Å²) in [6, 6.07) is 16.3. The largest absolute Gasteiger partial charge is 0.379 e. The summed E-state index contributed by atoms with van der Waals surface area (Å²) >= 11 is 0. The number of ether oxygens (including phenoxy) is 1. The highest BCUT2D eigenvalue weighted by atomic mass is 16.5. The molecule has 2 aromatic rings. The van der Waals surface area contributed by atoms with E-state index in [9.17, 15) is 9.59 Å². The normalized spacial score (nSPS) is 14.8. The average molecular weight is 409 g/mol. The zero-order valence-corrected chi connectivity index (χ0v) is 17.1. The number of guanidine groups is 1. The Bertz CT molecular complexity index is 879. The second-order valence-corrected chi connectivity index (χ2v) is 6.89. The summed E-state index contributed by atoms with van der Waals surface area (Å²) in [6.07, 6.45) is 0. The van der Waals surface area contributed by atoms with E-state index in [2.05, 4.69) is 25.8 Å². The molecule has 0 bridgehead atoms. The molecule has 0 radical (unpaired) electrons. The van der Waals surface area contributed by atoms with Gasteiger partial charge in [-0.25, -0.2) is 0 Å². The summed E-state index contributed by atoms with van der Waals surface area (Å²) in [7, 11) is 0. The molecule has 8 heteroatoms. The van der Waals surface area contributed by atoms with Crippen LogP contribution in [0.1, 0.15) is 17.3 Å². The number of nitrogens with zero attached hydrogens (tertiary/aromatic N) is 2. The Morgan fingerprint density at radius 3 is 2.47 bits per heavy atom. The molecule has 1 heterocycles. The van der Waals surface area contributed by atoms with Crippen molar-refractivity contribution in [1.29, 1.82) is 0 Å². The van der Waals surface area contributed by atoms with Gasteiger partial charge in [0, 0.05) is 43.5 Å². The third-order valence-corrected chi connectivity index (χ3v) is 4.50. The van der Waals surface area contributed by atoms with Crippen LogP contribution in [0.3, 0.4) is 0 Å². The predicted molar refractivity (Wildman–Crippen MR) is 118 cm³/mol. The molecule has 1 saturated heterocycles. The van der Waals surface area contributed by atoms with Crippen LogP contribution in [0.15, 0.2) is 59.6 Å². The Kier molecular flexibility index (Phi) is 7.94. The first-order valence-electron chi connectivity index (χ1n) is 9.96. The third kappa shape index (κ3) is 6.98. The van der Waals surface area contributed by atoms with Crippen molar-refractivity contribution in [3.05, 3.63) is 60.2 Å². The quantitative estimate of drug-likeness (QED) is 0.502. The molecule has 8 nitrogen and oxygen atoms in total. The van der Waals surface area contributed by atoms with E-state index in [0.29, 0.717) is 23.8 Å². The molecule has 3 N–H and O–H groups in total. The van der Waals surface area contributed by atoms with Gasteiger partial charge in [0.05, 0.1) is 19.8 Å². The number of benzene rings is 2. The van der Waals surface area contributed by atoms with E-state index in [-0.39, 0.29) is 11.8 Å². The summed E-state index contributed by atoms with van der Waals surface area (Å²) in [5.41, 5.74) is 1.82. The number of nitrogens with one attached hydrogen (secondary N) is 3. The van der Waals surface area contributed by atoms with Gasteiger partial charge in [0.15, 0.2) is 0 Å². The van der Waals surface area contributed by atoms with Crippen molar-refractivity contribution < 1.29 is 14.3 Å². The molecule has 0 atom stereocenters. The van der Waals surface area contributed by atoms with Gasteiger partial charge in [-0.15, -0.1) is 0 Å². The van der Waals surface area contributed by atoms with E-state index in [1.807, 2.05) is 30.3 Å². The fraction of sp³-hybridized carbons (Fsp3) is 0.318. The van der Waals surface area contributed by atoms with Crippen molar-refractivity contribution >= 4 is 29.1 Å².